The molecular weight excluding hydrogens is 335 g/mol. The van der Waals surface area contributed by atoms with E-state index in [2.05, 4.69) is 28.4 Å². The zero-order valence-electron chi connectivity index (χ0n) is 13.7. The van der Waals surface area contributed by atoms with Crippen molar-refractivity contribution in [2.24, 2.45) is 5.92 Å². The van der Waals surface area contributed by atoms with E-state index in [-0.39, 0.29) is 24.8 Å². The smallest absolute Gasteiger partial charge is 0.119 e. The number of halogens is 2. The molecule has 0 spiro atoms. The number of hydrogen-bond donors (Lipinski definition) is 1. The fourth-order valence-electron chi connectivity index (χ4n) is 3.60. The highest BCUT2D eigenvalue weighted by molar-refractivity contribution is 5.85. The van der Waals surface area contributed by atoms with Crippen LogP contribution in [0.1, 0.15) is 24.4 Å². The predicted molar refractivity (Wildman–Crippen MR) is 98.2 cm³/mol. The van der Waals surface area contributed by atoms with Gasteiger partial charge in [0.1, 0.15) is 5.75 Å². The van der Waals surface area contributed by atoms with Gasteiger partial charge in [0.05, 0.1) is 7.11 Å². The monoisotopic (exact) mass is 362 g/mol. The van der Waals surface area contributed by atoms with Gasteiger partial charge < -0.3 is 14.8 Å². The third kappa shape index (κ3) is 5.23. The number of piperazine rings is 1. The second kappa shape index (κ2) is 10.4. The molecule has 0 unspecified atom stereocenters. The molecule has 0 radical (unpaired) electrons. The molecule has 0 saturated carbocycles. The third-order valence-electron chi connectivity index (χ3n) is 4.69. The number of rotatable bonds is 4. The molecule has 2 heterocycles. The summed E-state index contributed by atoms with van der Waals surface area (Å²) in [6, 6.07) is 9.10. The summed E-state index contributed by atoms with van der Waals surface area (Å²) in [6.07, 6.45) is 2.32. The average molecular weight is 363 g/mol. The predicted octanol–water partition coefficient (Wildman–Crippen LogP) is 2.91. The Balaban J connectivity index is 0.00000132. The Labute approximate surface area is 151 Å². The van der Waals surface area contributed by atoms with Gasteiger partial charge in [0, 0.05) is 45.4 Å². The molecule has 132 valence electrons. The number of hydrogen-bond acceptors (Lipinski definition) is 4. The van der Waals surface area contributed by atoms with Crippen LogP contribution in [0.5, 0.6) is 5.75 Å². The van der Waals surface area contributed by atoms with Gasteiger partial charge in [-0.3, -0.25) is 4.90 Å². The molecule has 6 heteroatoms. The highest BCUT2D eigenvalue weighted by Gasteiger charge is 2.31. The first-order valence-corrected chi connectivity index (χ1v) is 8.05. The van der Waals surface area contributed by atoms with E-state index < -0.39 is 0 Å². The van der Waals surface area contributed by atoms with E-state index in [4.69, 9.17) is 9.47 Å². The Hall–Kier alpha value is -0.520. The summed E-state index contributed by atoms with van der Waals surface area (Å²) >= 11 is 0. The van der Waals surface area contributed by atoms with Gasteiger partial charge >= 0.3 is 0 Å². The van der Waals surface area contributed by atoms with Crippen LogP contribution in [-0.4, -0.2) is 51.4 Å². The average Bonchev–Trinajstić information content (AvgIpc) is 2.57. The lowest BCUT2D eigenvalue weighted by Gasteiger charge is -2.41. The highest BCUT2D eigenvalue weighted by Crippen LogP contribution is 2.36. The standard InChI is InChI=1S/C17H26N2O2.2ClH/c1-20-16-4-2-3-15(13-16)17(14-5-11-21-12-6-14)19-9-7-18-8-10-19;;/h2-4,13-14,17-18H,5-12H2,1H3;2*1H/t17-;;/m1../s1. The van der Waals surface area contributed by atoms with Crippen LogP contribution in [0.3, 0.4) is 0 Å². The van der Waals surface area contributed by atoms with Crippen LogP contribution >= 0.6 is 24.8 Å². The summed E-state index contributed by atoms with van der Waals surface area (Å²) in [5.41, 5.74) is 1.39. The van der Waals surface area contributed by atoms with E-state index in [1.54, 1.807) is 7.11 Å². The molecule has 1 aromatic carbocycles. The number of methoxy groups -OCH3 is 1. The molecule has 4 nitrogen and oxygen atoms in total. The van der Waals surface area contributed by atoms with Crippen molar-refractivity contribution in [2.75, 3.05) is 46.5 Å². The second-order valence-electron chi connectivity index (χ2n) is 5.96. The van der Waals surface area contributed by atoms with E-state index in [9.17, 15) is 0 Å². The van der Waals surface area contributed by atoms with Crippen molar-refractivity contribution in [2.45, 2.75) is 18.9 Å². The minimum absolute atomic E-state index is 0. The van der Waals surface area contributed by atoms with Gasteiger partial charge in [-0.15, -0.1) is 24.8 Å². The molecule has 1 N–H and O–H groups in total. The number of nitrogens with zero attached hydrogens (tertiary/aromatic N) is 1. The van der Waals surface area contributed by atoms with Crippen LogP contribution in [0.15, 0.2) is 24.3 Å². The van der Waals surface area contributed by atoms with Crippen molar-refractivity contribution in [3.63, 3.8) is 0 Å². The Morgan fingerprint density at radius 2 is 1.87 bits per heavy atom. The van der Waals surface area contributed by atoms with Crippen molar-refractivity contribution in [3.05, 3.63) is 29.8 Å². The minimum Gasteiger partial charge on any atom is -0.497 e. The van der Waals surface area contributed by atoms with Gasteiger partial charge in [-0.2, -0.15) is 0 Å². The third-order valence-corrected chi connectivity index (χ3v) is 4.69. The first-order chi connectivity index (χ1) is 10.4. The maximum atomic E-state index is 5.56. The molecule has 1 aromatic rings. The van der Waals surface area contributed by atoms with Gasteiger partial charge in [0.15, 0.2) is 0 Å². The Kier molecular flexibility index (Phi) is 9.25. The Morgan fingerprint density at radius 1 is 1.17 bits per heavy atom. The molecule has 0 bridgehead atoms. The fraction of sp³-hybridized carbons (Fsp3) is 0.647. The summed E-state index contributed by atoms with van der Waals surface area (Å²) in [5.74, 6) is 1.64. The molecule has 2 aliphatic rings. The Bertz CT molecular complexity index is 432. The van der Waals surface area contributed by atoms with Crippen LogP contribution in [0.25, 0.3) is 0 Å². The molecule has 0 amide bonds. The molecule has 0 aliphatic carbocycles. The van der Waals surface area contributed by atoms with Gasteiger partial charge in [0.25, 0.3) is 0 Å². The lowest BCUT2D eigenvalue weighted by molar-refractivity contribution is 0.0212. The highest BCUT2D eigenvalue weighted by atomic mass is 35.5. The molecule has 3 rings (SSSR count). The van der Waals surface area contributed by atoms with Gasteiger partial charge in [0.2, 0.25) is 0 Å². The lowest BCUT2D eigenvalue weighted by Crippen LogP contribution is -2.47. The van der Waals surface area contributed by atoms with Crippen LogP contribution < -0.4 is 10.1 Å². The van der Waals surface area contributed by atoms with Crippen molar-refractivity contribution < 1.29 is 9.47 Å². The summed E-state index contributed by atoms with van der Waals surface area (Å²) in [7, 11) is 1.74. The first-order valence-electron chi connectivity index (χ1n) is 8.05. The normalized spacial score (nSPS) is 20.9. The molecule has 0 aromatic heterocycles. The summed E-state index contributed by atoms with van der Waals surface area (Å²) in [5, 5.41) is 3.46. The maximum absolute atomic E-state index is 5.56. The van der Waals surface area contributed by atoms with E-state index in [1.807, 2.05) is 6.07 Å². The maximum Gasteiger partial charge on any atom is 0.119 e. The fourth-order valence-corrected chi connectivity index (χ4v) is 3.60. The van der Waals surface area contributed by atoms with Crippen LogP contribution in [0, 0.1) is 5.92 Å². The number of benzene rings is 1. The van der Waals surface area contributed by atoms with Crippen LogP contribution in [0.2, 0.25) is 0 Å². The van der Waals surface area contributed by atoms with Gasteiger partial charge in [-0.25, -0.2) is 0 Å². The van der Waals surface area contributed by atoms with Gasteiger partial charge in [-0.05, 0) is 36.5 Å². The molecule has 23 heavy (non-hydrogen) atoms. The SMILES string of the molecule is COc1cccc([C@@H](C2CCOCC2)N2CCNCC2)c1.Cl.Cl. The summed E-state index contributed by atoms with van der Waals surface area (Å²) < 4.78 is 11.0. The van der Waals surface area contributed by atoms with Crippen molar-refractivity contribution in [1.82, 2.24) is 10.2 Å². The van der Waals surface area contributed by atoms with E-state index in [0.29, 0.717) is 12.0 Å². The minimum atomic E-state index is 0. The van der Waals surface area contributed by atoms with E-state index in [0.717, 1.165) is 58.0 Å². The van der Waals surface area contributed by atoms with Crippen molar-refractivity contribution in [3.8, 4) is 5.75 Å². The summed E-state index contributed by atoms with van der Waals surface area (Å²) in [6.45, 7) is 6.22. The molecule has 2 fully saturated rings. The zero-order valence-corrected chi connectivity index (χ0v) is 15.3. The Morgan fingerprint density at radius 3 is 2.52 bits per heavy atom. The first kappa shape index (κ1) is 20.5. The zero-order chi connectivity index (χ0) is 14.5. The van der Waals surface area contributed by atoms with Gasteiger partial charge in [-0.1, -0.05) is 12.1 Å². The van der Waals surface area contributed by atoms with Crippen molar-refractivity contribution in [1.29, 1.82) is 0 Å². The topological polar surface area (TPSA) is 33.7 Å². The largest absolute Gasteiger partial charge is 0.497 e. The number of ether oxygens (including phenoxy) is 2. The summed E-state index contributed by atoms with van der Waals surface area (Å²) in [4.78, 5) is 2.64. The van der Waals surface area contributed by atoms with Crippen LogP contribution in [-0.2, 0) is 4.74 Å². The van der Waals surface area contributed by atoms with E-state index in [1.165, 1.54) is 5.56 Å². The molecule has 1 atom stereocenters. The molecule has 2 saturated heterocycles. The molecule has 2 aliphatic heterocycles. The quantitative estimate of drug-likeness (QED) is 0.892. The second-order valence-corrected chi connectivity index (χ2v) is 5.96. The van der Waals surface area contributed by atoms with E-state index >= 15 is 0 Å². The molecular formula is C17H28Cl2N2O2. The number of nitrogens with one attached hydrogen (secondary N) is 1. The van der Waals surface area contributed by atoms with Crippen LogP contribution in [0.4, 0.5) is 0 Å². The van der Waals surface area contributed by atoms with Crippen molar-refractivity contribution >= 4 is 24.8 Å². The lowest BCUT2D eigenvalue weighted by atomic mass is 9.85.